The van der Waals surface area contributed by atoms with Crippen LogP contribution in [0.15, 0.2) is 194 Å². The molecule has 1 aliphatic carbocycles. The number of aromatic nitrogens is 2. The van der Waals surface area contributed by atoms with E-state index in [1.54, 1.807) is 0 Å². The van der Waals surface area contributed by atoms with E-state index in [2.05, 4.69) is 208 Å². The van der Waals surface area contributed by atoms with Crippen LogP contribution >= 0.6 is 0 Å². The second kappa shape index (κ2) is 13.0. The molecule has 0 radical (unpaired) electrons. The number of fused-ring (bicyclic) bond motifs is 7. The molecule has 0 saturated carbocycles. The van der Waals surface area contributed by atoms with Crippen molar-refractivity contribution in [1.82, 2.24) is 9.97 Å². The van der Waals surface area contributed by atoms with Crippen molar-refractivity contribution in [3.8, 4) is 67.3 Å². The van der Waals surface area contributed by atoms with Crippen LogP contribution in [0.1, 0.15) is 25.0 Å². The standard InChI is InChI=1S/C55H38N2/c1-55(2)49-27-15-14-24-43(49)48-33-38(29-31-50(48)55)41-22-11-13-26-45(41)52-34-51(44-25-12-10-20-39(44)35-16-4-3-5-17-35)56-54(57-52)53-42-23-9-7-19-37(42)32-47-40-21-8-6-18-36(40)28-30-46(47)53/h3-34H,1-2H3. The topological polar surface area (TPSA) is 25.8 Å². The zero-order valence-corrected chi connectivity index (χ0v) is 31.9. The molecule has 1 heterocycles. The molecule has 268 valence electrons. The summed E-state index contributed by atoms with van der Waals surface area (Å²) in [6.07, 6.45) is 0. The average Bonchev–Trinajstić information content (AvgIpc) is 3.50. The fourth-order valence-electron chi connectivity index (χ4n) is 9.32. The van der Waals surface area contributed by atoms with E-state index >= 15 is 0 Å². The van der Waals surface area contributed by atoms with E-state index in [4.69, 9.17) is 9.97 Å². The zero-order chi connectivity index (χ0) is 38.1. The maximum absolute atomic E-state index is 5.59. The molecule has 57 heavy (non-hydrogen) atoms. The van der Waals surface area contributed by atoms with Gasteiger partial charge >= 0.3 is 0 Å². The van der Waals surface area contributed by atoms with Crippen LogP contribution in [0.3, 0.4) is 0 Å². The Labute approximate surface area is 332 Å². The number of hydrogen-bond acceptors (Lipinski definition) is 2. The van der Waals surface area contributed by atoms with Gasteiger partial charge in [0.25, 0.3) is 0 Å². The van der Waals surface area contributed by atoms with Crippen molar-refractivity contribution >= 4 is 32.3 Å². The summed E-state index contributed by atoms with van der Waals surface area (Å²) >= 11 is 0. The molecule has 2 nitrogen and oxygen atoms in total. The fraction of sp³-hybridized carbons (Fsp3) is 0.0545. The molecule has 0 amide bonds. The van der Waals surface area contributed by atoms with Gasteiger partial charge < -0.3 is 0 Å². The van der Waals surface area contributed by atoms with Gasteiger partial charge in [-0.1, -0.05) is 190 Å². The van der Waals surface area contributed by atoms with E-state index in [9.17, 15) is 0 Å². The van der Waals surface area contributed by atoms with Gasteiger partial charge in [-0.25, -0.2) is 9.97 Å². The molecule has 0 spiro atoms. The van der Waals surface area contributed by atoms with Gasteiger partial charge in [0.05, 0.1) is 11.4 Å². The summed E-state index contributed by atoms with van der Waals surface area (Å²) in [6, 6.07) is 70.1. The highest BCUT2D eigenvalue weighted by Gasteiger charge is 2.35. The monoisotopic (exact) mass is 726 g/mol. The highest BCUT2D eigenvalue weighted by Crippen LogP contribution is 2.50. The Kier molecular flexibility index (Phi) is 7.55. The summed E-state index contributed by atoms with van der Waals surface area (Å²) in [5, 5.41) is 7.07. The van der Waals surface area contributed by atoms with Gasteiger partial charge in [-0.3, -0.25) is 0 Å². The lowest BCUT2D eigenvalue weighted by Gasteiger charge is -2.21. The molecule has 0 bridgehead atoms. The van der Waals surface area contributed by atoms with E-state index in [1.165, 1.54) is 49.4 Å². The first-order valence-electron chi connectivity index (χ1n) is 19.7. The van der Waals surface area contributed by atoms with E-state index < -0.39 is 0 Å². The first kappa shape index (κ1) is 33.2. The molecule has 0 fully saturated rings. The number of nitrogens with zero attached hydrogens (tertiary/aromatic N) is 2. The number of hydrogen-bond donors (Lipinski definition) is 0. The van der Waals surface area contributed by atoms with Gasteiger partial charge in [0.15, 0.2) is 5.82 Å². The smallest absolute Gasteiger partial charge is 0.161 e. The number of rotatable bonds is 5. The predicted octanol–water partition coefficient (Wildman–Crippen LogP) is 14.6. The third-order valence-electron chi connectivity index (χ3n) is 12.1. The average molecular weight is 727 g/mol. The Morgan fingerprint density at radius 1 is 0.333 bits per heavy atom. The van der Waals surface area contributed by atoms with Gasteiger partial charge in [0.2, 0.25) is 0 Å². The Morgan fingerprint density at radius 2 is 0.895 bits per heavy atom. The van der Waals surface area contributed by atoms with E-state index in [0.717, 1.165) is 55.5 Å². The molecule has 9 aromatic carbocycles. The summed E-state index contributed by atoms with van der Waals surface area (Å²) in [4.78, 5) is 11.1. The zero-order valence-electron chi connectivity index (χ0n) is 31.9. The summed E-state index contributed by atoms with van der Waals surface area (Å²) < 4.78 is 0. The molecule has 10 aromatic rings. The molecule has 0 atom stereocenters. The third kappa shape index (κ3) is 5.33. The molecule has 2 heteroatoms. The quantitative estimate of drug-likeness (QED) is 0.130. The molecule has 0 saturated heterocycles. The molecule has 11 rings (SSSR count). The lowest BCUT2D eigenvalue weighted by atomic mass is 9.82. The lowest BCUT2D eigenvalue weighted by Crippen LogP contribution is -2.14. The Hall–Kier alpha value is -7.16. The maximum Gasteiger partial charge on any atom is 0.161 e. The summed E-state index contributed by atoms with van der Waals surface area (Å²) in [7, 11) is 0. The maximum atomic E-state index is 5.59. The van der Waals surface area contributed by atoms with Crippen molar-refractivity contribution in [3.63, 3.8) is 0 Å². The highest BCUT2D eigenvalue weighted by molar-refractivity contribution is 6.19. The van der Waals surface area contributed by atoms with Crippen molar-refractivity contribution in [2.45, 2.75) is 19.3 Å². The minimum Gasteiger partial charge on any atom is -0.228 e. The van der Waals surface area contributed by atoms with Crippen molar-refractivity contribution in [2.75, 3.05) is 0 Å². The summed E-state index contributed by atoms with van der Waals surface area (Å²) in [6.45, 7) is 4.67. The van der Waals surface area contributed by atoms with Crippen molar-refractivity contribution in [3.05, 3.63) is 205 Å². The van der Waals surface area contributed by atoms with Gasteiger partial charge in [0.1, 0.15) is 0 Å². The van der Waals surface area contributed by atoms with E-state index in [-0.39, 0.29) is 5.41 Å². The molecular weight excluding hydrogens is 689 g/mol. The highest BCUT2D eigenvalue weighted by atomic mass is 14.9. The van der Waals surface area contributed by atoms with Crippen LogP contribution < -0.4 is 0 Å². The SMILES string of the molecule is CC1(C)c2ccccc2-c2cc(-c3ccccc3-c3cc(-c4ccccc4-c4ccccc4)nc(-c4c5ccccc5cc5c4ccc4ccccc45)n3)ccc21. The Balaban J connectivity index is 1.19. The second-order valence-corrected chi connectivity index (χ2v) is 15.7. The minimum atomic E-state index is -0.0564. The summed E-state index contributed by atoms with van der Waals surface area (Å²) in [5.41, 5.74) is 14.9. The van der Waals surface area contributed by atoms with Crippen LogP contribution in [0.4, 0.5) is 0 Å². The molecule has 1 aromatic heterocycles. The van der Waals surface area contributed by atoms with Crippen LogP contribution in [-0.4, -0.2) is 9.97 Å². The first-order chi connectivity index (χ1) is 28.0. The minimum absolute atomic E-state index is 0.0564. The number of benzene rings is 9. The Bertz CT molecular complexity index is 3210. The van der Waals surface area contributed by atoms with Gasteiger partial charge in [0, 0.05) is 22.1 Å². The molecule has 0 aliphatic heterocycles. The largest absolute Gasteiger partial charge is 0.228 e. The molecule has 0 unspecified atom stereocenters. The van der Waals surface area contributed by atoms with Crippen LogP contribution in [0.25, 0.3) is 99.6 Å². The summed E-state index contributed by atoms with van der Waals surface area (Å²) in [5.74, 6) is 0.710. The van der Waals surface area contributed by atoms with Crippen LogP contribution in [0, 0.1) is 0 Å². The van der Waals surface area contributed by atoms with Gasteiger partial charge in [-0.05, 0) is 95.0 Å². The van der Waals surface area contributed by atoms with Crippen molar-refractivity contribution in [1.29, 1.82) is 0 Å². The van der Waals surface area contributed by atoms with Crippen molar-refractivity contribution < 1.29 is 0 Å². The van der Waals surface area contributed by atoms with E-state index in [0.29, 0.717) is 5.82 Å². The molecular formula is C55H38N2. The Morgan fingerprint density at radius 3 is 1.63 bits per heavy atom. The van der Waals surface area contributed by atoms with Crippen molar-refractivity contribution in [2.24, 2.45) is 0 Å². The second-order valence-electron chi connectivity index (χ2n) is 15.7. The van der Waals surface area contributed by atoms with Gasteiger partial charge in [-0.2, -0.15) is 0 Å². The predicted molar refractivity (Wildman–Crippen MR) is 239 cm³/mol. The van der Waals surface area contributed by atoms with Crippen LogP contribution in [-0.2, 0) is 5.41 Å². The van der Waals surface area contributed by atoms with E-state index in [1.807, 2.05) is 0 Å². The van der Waals surface area contributed by atoms with Crippen LogP contribution in [0.5, 0.6) is 0 Å². The van der Waals surface area contributed by atoms with Crippen LogP contribution in [0.2, 0.25) is 0 Å². The third-order valence-corrected chi connectivity index (χ3v) is 12.1. The molecule has 0 N–H and O–H groups in total. The normalized spacial score (nSPS) is 12.9. The first-order valence-corrected chi connectivity index (χ1v) is 19.7. The fourth-order valence-corrected chi connectivity index (χ4v) is 9.32. The lowest BCUT2D eigenvalue weighted by molar-refractivity contribution is 0.660. The van der Waals surface area contributed by atoms with Gasteiger partial charge in [-0.15, -0.1) is 0 Å². The molecule has 1 aliphatic rings.